The third-order valence-electron chi connectivity index (χ3n) is 17.2. The number of amides is 11. The van der Waals surface area contributed by atoms with Gasteiger partial charge in [0.05, 0.1) is 30.3 Å². The average molecular weight is 1440 g/mol. The van der Waals surface area contributed by atoms with Crippen molar-refractivity contribution in [2.75, 3.05) is 18.8 Å². The van der Waals surface area contributed by atoms with Crippen LogP contribution in [0, 0.1) is 23.7 Å². The van der Waals surface area contributed by atoms with Crippen molar-refractivity contribution in [2.24, 2.45) is 51.6 Å². The number of aromatic amines is 1. The molecule has 3 rings (SSSR count). The van der Waals surface area contributed by atoms with E-state index in [0.717, 1.165) is 6.42 Å². The molecule has 101 heavy (non-hydrogen) atoms. The predicted molar refractivity (Wildman–Crippen MR) is 373 cm³/mol. The standard InChI is InChI=1S/C66H105N17O17S/c1-9-35(6)52(70)65-81-48(32-101-65)62(96)76-43(26-34(4)5)58(92)74-42(22-23-50(85)86)57(91)83-53(36(7)10-2)63(97)75-40(20-15-16-24-67)55(89)73-41(21-17-25-68)56(90)82-54(37(8)11-3)64(98)79-44(27-38-18-13-12-14-19-38)59(93)77-45(28-39-31-71-33-72-39)60(94)78-46(30-51(87)88)61(95)80-47(66(99)100)29-49(69)84/h12-14,18-19,31,33-37,40-48,52-54H,9-11,15-17,20-30,32,67-68,70H2,1-8H3,(H2,69,84)(H,71,72)(H,73,89)(H,74,92)(H,75,97)(H,76,96)(H,77,93)(H,78,94)(H,79,98)(H,80,95)(H,82,90)(H,83,91)(H,85,86)(H,87,88)(H,99,100)/t35-,36-,37-,40-,41+,42+,43-,44+,45-,46+,47-,48-,52-,53-,54-/m0/s1. The zero-order chi connectivity index (χ0) is 75.6. The number of nitrogens with one attached hydrogen (secondary N) is 11. The lowest BCUT2D eigenvalue weighted by molar-refractivity contribution is -0.145. The Bertz CT molecular complexity index is 3140. The van der Waals surface area contributed by atoms with Crippen LogP contribution in [-0.4, -0.2) is 205 Å². The number of H-pyrrole nitrogens is 1. The second-order valence-electron chi connectivity index (χ2n) is 25.8. The molecule has 15 atom stereocenters. The summed E-state index contributed by atoms with van der Waals surface area (Å²) < 4.78 is 0. The van der Waals surface area contributed by atoms with Crippen molar-refractivity contribution in [3.05, 3.63) is 54.1 Å². The van der Waals surface area contributed by atoms with Crippen LogP contribution >= 0.6 is 11.8 Å². The van der Waals surface area contributed by atoms with Gasteiger partial charge in [-0.25, -0.2) is 9.78 Å². The summed E-state index contributed by atoms with van der Waals surface area (Å²) in [4.78, 5) is 202. The molecule has 2 heterocycles. The van der Waals surface area contributed by atoms with Crippen molar-refractivity contribution in [3.8, 4) is 0 Å². The number of rotatable bonds is 48. The third kappa shape index (κ3) is 29.9. The van der Waals surface area contributed by atoms with Crippen LogP contribution < -0.4 is 76.1 Å². The molecule has 1 aromatic carbocycles. The molecule has 0 unspecified atom stereocenters. The van der Waals surface area contributed by atoms with Gasteiger partial charge in [-0.3, -0.25) is 67.3 Å². The Morgan fingerprint density at radius 3 is 1.50 bits per heavy atom. The Morgan fingerprint density at radius 2 is 1.00 bits per heavy atom. The number of hydrogen-bond acceptors (Lipinski definition) is 20. The van der Waals surface area contributed by atoms with Gasteiger partial charge in [-0.2, -0.15) is 0 Å². The minimum atomic E-state index is -1.97. The SMILES string of the molecule is CC[C@H](C)[C@H](N)C1=N[C@H](C(=O)N[C@@H](CC(C)C)C(=O)N[C@H](CCC(=O)O)C(=O)N[C@H](C(=O)N[C@@H](CCCCN)C(=O)N[C@H](CCCN)C(=O)N[C@H](C(=O)N[C@H](Cc2ccccc2)C(=O)N[C@@H](Cc2cnc[nH]2)C(=O)N[C@H](CC(=O)O)C(=O)N[C@@H](CC(N)=O)C(=O)O)[C@@H](C)CC)[C@@H](C)CC)CS1. The van der Waals surface area contributed by atoms with Crippen molar-refractivity contribution in [3.63, 3.8) is 0 Å². The monoisotopic (exact) mass is 1440 g/mol. The van der Waals surface area contributed by atoms with E-state index >= 15 is 0 Å². The van der Waals surface area contributed by atoms with Crippen molar-refractivity contribution in [2.45, 2.75) is 224 Å². The number of thioether (sulfide) groups is 1. The van der Waals surface area contributed by atoms with E-state index in [1.807, 2.05) is 33.0 Å². The number of nitrogens with zero attached hydrogens (tertiary/aromatic N) is 2. The molecule has 11 amide bonds. The van der Waals surface area contributed by atoms with Crippen LogP contribution in [0.2, 0.25) is 0 Å². The highest BCUT2D eigenvalue weighted by Crippen LogP contribution is 2.25. The van der Waals surface area contributed by atoms with Crippen molar-refractivity contribution in [1.82, 2.24) is 63.1 Å². The van der Waals surface area contributed by atoms with Gasteiger partial charge < -0.3 is 96.4 Å². The molecule has 0 spiro atoms. The van der Waals surface area contributed by atoms with Gasteiger partial charge in [-0.05, 0) is 87.3 Å². The Labute approximate surface area is 591 Å². The number of carboxylic acids is 3. The maximum Gasteiger partial charge on any atom is 0.326 e. The van der Waals surface area contributed by atoms with E-state index in [-0.39, 0.29) is 94.4 Å². The molecular formula is C66H105N17O17S. The number of aromatic nitrogens is 2. The van der Waals surface area contributed by atoms with Crippen LogP contribution in [0.4, 0.5) is 0 Å². The Morgan fingerprint density at radius 1 is 0.535 bits per heavy atom. The lowest BCUT2D eigenvalue weighted by Gasteiger charge is -2.30. The van der Waals surface area contributed by atoms with E-state index in [0.29, 0.717) is 22.8 Å². The molecule has 1 aliphatic rings. The molecular weight excluding hydrogens is 1330 g/mol. The number of aliphatic carboxylic acids is 3. The topological polar surface area (TPSA) is 565 Å². The number of carbonyl (C=O) groups excluding carboxylic acids is 11. The third-order valence-corrected chi connectivity index (χ3v) is 18.3. The quantitative estimate of drug-likeness (QED) is 0.0326. The molecule has 1 aromatic heterocycles. The van der Waals surface area contributed by atoms with Gasteiger partial charge in [-0.1, -0.05) is 105 Å². The number of nitrogens with two attached hydrogens (primary N) is 4. The summed E-state index contributed by atoms with van der Waals surface area (Å²) in [5.74, 6) is -16.0. The van der Waals surface area contributed by atoms with Crippen molar-refractivity contribution >= 4 is 99.7 Å². The van der Waals surface area contributed by atoms with Gasteiger partial charge in [0, 0.05) is 36.9 Å². The summed E-state index contributed by atoms with van der Waals surface area (Å²) in [7, 11) is 0. The zero-order valence-electron chi connectivity index (χ0n) is 58.7. The van der Waals surface area contributed by atoms with Crippen molar-refractivity contribution in [1.29, 1.82) is 0 Å². The molecule has 0 saturated heterocycles. The van der Waals surface area contributed by atoms with E-state index in [4.69, 9.17) is 22.9 Å². The molecule has 35 heteroatoms. The summed E-state index contributed by atoms with van der Waals surface area (Å²) in [5, 5.41) is 55.4. The molecule has 2 aromatic rings. The summed E-state index contributed by atoms with van der Waals surface area (Å²) in [6.07, 6.45) is 1.17. The van der Waals surface area contributed by atoms with Gasteiger partial charge in [-0.15, -0.1) is 11.8 Å². The zero-order valence-corrected chi connectivity index (χ0v) is 59.5. The average Bonchev–Trinajstić information content (AvgIpc) is 1.21. The minimum absolute atomic E-state index is 0.0324. The van der Waals surface area contributed by atoms with Gasteiger partial charge >= 0.3 is 17.9 Å². The van der Waals surface area contributed by atoms with E-state index in [1.165, 1.54) is 24.3 Å². The number of hydrogen-bond donors (Lipinski definition) is 18. The van der Waals surface area contributed by atoms with E-state index < -0.39 is 187 Å². The first-order chi connectivity index (χ1) is 47.8. The normalized spacial score (nSPS) is 16.9. The maximum atomic E-state index is 14.8. The van der Waals surface area contributed by atoms with Crippen LogP contribution in [-0.2, 0) is 80.0 Å². The summed E-state index contributed by atoms with van der Waals surface area (Å²) in [6, 6.07) is -8.35. The highest BCUT2D eigenvalue weighted by Gasteiger charge is 2.40. The Kier molecular flexibility index (Phi) is 37.7. The molecule has 0 fully saturated rings. The molecule has 562 valence electrons. The molecule has 0 radical (unpaired) electrons. The molecule has 22 N–H and O–H groups in total. The predicted octanol–water partition coefficient (Wildman–Crippen LogP) is -1.76. The van der Waals surface area contributed by atoms with Gasteiger partial charge in [0.25, 0.3) is 0 Å². The molecule has 1 aliphatic heterocycles. The number of carboxylic acid groups (broad SMARTS) is 3. The largest absolute Gasteiger partial charge is 0.481 e. The Balaban J connectivity index is 1.96. The van der Waals surface area contributed by atoms with Gasteiger partial charge in [0.2, 0.25) is 65.0 Å². The first-order valence-corrected chi connectivity index (χ1v) is 35.1. The Hall–Kier alpha value is -9.09. The van der Waals surface area contributed by atoms with E-state index in [2.05, 4.69) is 62.8 Å². The number of carbonyl (C=O) groups is 14. The lowest BCUT2D eigenvalue weighted by Crippen LogP contribution is -2.62. The smallest absolute Gasteiger partial charge is 0.326 e. The van der Waals surface area contributed by atoms with Crippen LogP contribution in [0.3, 0.4) is 0 Å². The molecule has 0 saturated carbocycles. The van der Waals surface area contributed by atoms with Crippen LogP contribution in [0.15, 0.2) is 47.8 Å². The molecule has 34 nitrogen and oxygen atoms in total. The second-order valence-corrected chi connectivity index (χ2v) is 26.8. The fourth-order valence-corrected chi connectivity index (χ4v) is 11.7. The lowest BCUT2D eigenvalue weighted by atomic mass is 9.96. The van der Waals surface area contributed by atoms with E-state index in [9.17, 15) is 82.4 Å². The van der Waals surface area contributed by atoms with Gasteiger partial charge in [0.15, 0.2) is 0 Å². The number of benzene rings is 1. The number of aliphatic imine (C=N–C) groups is 1. The van der Waals surface area contributed by atoms with E-state index in [1.54, 1.807) is 58.0 Å². The highest BCUT2D eigenvalue weighted by atomic mass is 32.2. The number of imidazole rings is 1. The number of primary amides is 1. The van der Waals surface area contributed by atoms with Gasteiger partial charge in [0.1, 0.15) is 66.5 Å². The fourth-order valence-electron chi connectivity index (χ4n) is 10.5. The summed E-state index contributed by atoms with van der Waals surface area (Å²) in [6.45, 7) is 14.6. The summed E-state index contributed by atoms with van der Waals surface area (Å²) >= 11 is 1.36. The molecule has 0 aliphatic carbocycles. The fraction of sp³-hybridized carbons (Fsp3) is 0.636. The maximum absolute atomic E-state index is 14.8. The molecule has 0 bridgehead atoms. The van der Waals surface area contributed by atoms with Crippen molar-refractivity contribution < 1.29 is 82.4 Å². The first kappa shape index (κ1) is 86.1. The highest BCUT2D eigenvalue weighted by molar-refractivity contribution is 8.14. The number of unbranched alkanes of at least 4 members (excludes halogenated alkanes) is 1. The van der Waals surface area contributed by atoms with Crippen LogP contribution in [0.25, 0.3) is 0 Å². The minimum Gasteiger partial charge on any atom is -0.481 e. The summed E-state index contributed by atoms with van der Waals surface area (Å²) in [5.41, 5.74) is 24.1. The first-order valence-electron chi connectivity index (χ1n) is 34.1. The second kappa shape index (κ2) is 44.2. The van der Waals surface area contributed by atoms with Crippen LogP contribution in [0.1, 0.15) is 150 Å². The van der Waals surface area contributed by atoms with Crippen LogP contribution in [0.5, 0.6) is 0 Å².